The van der Waals surface area contributed by atoms with Crippen LogP contribution in [0.3, 0.4) is 0 Å². The number of ether oxygens (including phenoxy) is 2. The molecule has 2 aromatic carbocycles. The molecule has 0 aliphatic rings. The van der Waals surface area contributed by atoms with E-state index in [4.69, 9.17) is 9.47 Å². The maximum Gasteiger partial charge on any atom is 0.163 e. The van der Waals surface area contributed by atoms with Crippen molar-refractivity contribution >= 4 is 28.0 Å². The zero-order valence-electron chi connectivity index (χ0n) is 11.6. The molecule has 0 heterocycles. The van der Waals surface area contributed by atoms with Crippen LogP contribution in [0.25, 0.3) is 0 Å². The summed E-state index contributed by atoms with van der Waals surface area (Å²) in [7, 11) is 1.50. The van der Waals surface area contributed by atoms with Gasteiger partial charge in [-0.2, -0.15) is 0 Å². The minimum atomic E-state index is -0.0784. The van der Waals surface area contributed by atoms with Crippen LogP contribution in [0.1, 0.15) is 27.6 Å². The molecule has 0 atom stereocenters. The van der Waals surface area contributed by atoms with Crippen LogP contribution in [-0.2, 0) is 0 Å². The molecule has 0 unspecified atom stereocenters. The smallest absolute Gasteiger partial charge is 0.163 e. The van der Waals surface area contributed by atoms with E-state index in [1.807, 2.05) is 0 Å². The molecule has 4 nitrogen and oxygen atoms in total. The maximum absolute atomic E-state index is 11.5. The van der Waals surface area contributed by atoms with Crippen molar-refractivity contribution in [2.45, 2.75) is 6.92 Å². The normalized spacial score (nSPS) is 10.0. The predicted octanol–water partition coefficient (Wildman–Crippen LogP) is 4.27. The van der Waals surface area contributed by atoms with Gasteiger partial charge in [0.05, 0.1) is 12.7 Å². The Morgan fingerprint density at radius 1 is 1.14 bits per heavy atom. The first kappa shape index (κ1) is 15.3. The highest BCUT2D eigenvalue weighted by atomic mass is 79.9. The third kappa shape index (κ3) is 3.49. The Labute approximate surface area is 130 Å². The fourth-order valence-corrected chi connectivity index (χ4v) is 2.18. The van der Waals surface area contributed by atoms with E-state index < -0.39 is 0 Å². The lowest BCUT2D eigenvalue weighted by atomic mass is 10.1. The van der Waals surface area contributed by atoms with Gasteiger partial charge in [-0.3, -0.25) is 9.59 Å². The lowest BCUT2D eigenvalue weighted by Crippen LogP contribution is -1.98. The Kier molecular flexibility index (Phi) is 4.75. The van der Waals surface area contributed by atoms with Crippen molar-refractivity contribution in [3.8, 4) is 17.2 Å². The number of methoxy groups -OCH3 is 1. The fraction of sp³-hybridized carbons (Fsp3) is 0.125. The van der Waals surface area contributed by atoms with Crippen LogP contribution >= 0.6 is 15.9 Å². The summed E-state index contributed by atoms with van der Waals surface area (Å²) in [5.41, 5.74) is 0.994. The number of carbonyl (C=O) groups is 2. The Balaban J connectivity index is 2.31. The van der Waals surface area contributed by atoms with E-state index >= 15 is 0 Å². The lowest BCUT2D eigenvalue weighted by Gasteiger charge is -2.10. The standard InChI is InChI=1S/C16H13BrO4/c1-10(19)14-5-3-13(8-16(14)20-2)21-12-4-6-15(17)11(7-12)9-18/h3-9H,1-2H3. The minimum absolute atomic E-state index is 0.0784. The number of benzene rings is 2. The Morgan fingerprint density at radius 3 is 2.43 bits per heavy atom. The second-order valence-corrected chi connectivity index (χ2v) is 5.18. The van der Waals surface area contributed by atoms with Gasteiger partial charge in [-0.25, -0.2) is 0 Å². The molecule has 0 saturated heterocycles. The average molecular weight is 349 g/mol. The monoisotopic (exact) mass is 348 g/mol. The molecule has 0 bridgehead atoms. The van der Waals surface area contributed by atoms with E-state index in [9.17, 15) is 9.59 Å². The number of halogens is 1. The van der Waals surface area contributed by atoms with Crippen LogP contribution in [0.4, 0.5) is 0 Å². The molecule has 2 rings (SSSR count). The second kappa shape index (κ2) is 6.54. The van der Waals surface area contributed by atoms with Gasteiger partial charge in [0.25, 0.3) is 0 Å². The molecule has 2 aromatic rings. The van der Waals surface area contributed by atoms with Crippen LogP contribution in [0.15, 0.2) is 40.9 Å². The number of hydrogen-bond donors (Lipinski definition) is 0. The Bertz CT molecular complexity index is 695. The number of rotatable bonds is 5. The summed E-state index contributed by atoms with van der Waals surface area (Å²) in [5.74, 6) is 1.42. The van der Waals surface area contributed by atoms with E-state index in [0.29, 0.717) is 32.8 Å². The zero-order valence-corrected chi connectivity index (χ0v) is 13.1. The van der Waals surface area contributed by atoms with Crippen molar-refractivity contribution in [3.05, 3.63) is 52.0 Å². The highest BCUT2D eigenvalue weighted by Gasteiger charge is 2.10. The number of ketones is 1. The Morgan fingerprint density at radius 2 is 1.81 bits per heavy atom. The van der Waals surface area contributed by atoms with Crippen molar-refractivity contribution in [3.63, 3.8) is 0 Å². The molecular formula is C16H13BrO4. The van der Waals surface area contributed by atoms with Gasteiger partial charge in [0, 0.05) is 16.1 Å². The Hall–Kier alpha value is -2.14. The third-order valence-electron chi connectivity index (χ3n) is 2.88. The average Bonchev–Trinajstić information content (AvgIpc) is 2.48. The summed E-state index contributed by atoms with van der Waals surface area (Å²) in [6.45, 7) is 1.48. The van der Waals surface area contributed by atoms with Gasteiger partial charge in [0.2, 0.25) is 0 Å². The van der Waals surface area contributed by atoms with Crippen molar-refractivity contribution in [1.29, 1.82) is 0 Å². The summed E-state index contributed by atoms with van der Waals surface area (Å²) in [5, 5.41) is 0. The topological polar surface area (TPSA) is 52.6 Å². The van der Waals surface area contributed by atoms with Gasteiger partial charge < -0.3 is 9.47 Å². The molecule has 5 heteroatoms. The number of hydrogen-bond acceptors (Lipinski definition) is 4. The van der Waals surface area contributed by atoms with E-state index in [-0.39, 0.29) is 5.78 Å². The third-order valence-corrected chi connectivity index (χ3v) is 3.60. The van der Waals surface area contributed by atoms with E-state index in [1.54, 1.807) is 36.4 Å². The predicted molar refractivity (Wildman–Crippen MR) is 82.6 cm³/mol. The summed E-state index contributed by atoms with van der Waals surface area (Å²) >= 11 is 3.28. The van der Waals surface area contributed by atoms with Crippen LogP contribution in [-0.4, -0.2) is 19.2 Å². The molecule has 0 aliphatic carbocycles. The van der Waals surface area contributed by atoms with E-state index in [2.05, 4.69) is 15.9 Å². The van der Waals surface area contributed by atoms with Crippen molar-refractivity contribution in [1.82, 2.24) is 0 Å². The van der Waals surface area contributed by atoms with Crippen LogP contribution in [0.5, 0.6) is 17.2 Å². The summed E-state index contributed by atoms with van der Waals surface area (Å²) in [6.07, 6.45) is 0.746. The highest BCUT2D eigenvalue weighted by Crippen LogP contribution is 2.30. The molecule has 0 saturated carbocycles. The first-order valence-electron chi connectivity index (χ1n) is 6.16. The van der Waals surface area contributed by atoms with Gasteiger partial charge in [-0.15, -0.1) is 0 Å². The summed E-state index contributed by atoms with van der Waals surface area (Å²) < 4.78 is 11.6. The summed E-state index contributed by atoms with van der Waals surface area (Å²) in [6, 6.07) is 10.1. The molecule has 108 valence electrons. The molecule has 0 N–H and O–H groups in total. The first-order chi connectivity index (χ1) is 10.0. The minimum Gasteiger partial charge on any atom is -0.496 e. The molecular weight excluding hydrogens is 336 g/mol. The largest absolute Gasteiger partial charge is 0.496 e. The molecule has 0 spiro atoms. The molecule has 0 aromatic heterocycles. The van der Waals surface area contributed by atoms with Gasteiger partial charge in [0.15, 0.2) is 12.1 Å². The fourth-order valence-electron chi connectivity index (χ4n) is 1.84. The van der Waals surface area contributed by atoms with Crippen LogP contribution < -0.4 is 9.47 Å². The van der Waals surface area contributed by atoms with E-state index in [0.717, 1.165) is 6.29 Å². The van der Waals surface area contributed by atoms with Crippen LogP contribution in [0, 0.1) is 0 Å². The second-order valence-electron chi connectivity index (χ2n) is 4.32. The SMILES string of the molecule is COc1cc(Oc2ccc(Br)c(C=O)c2)ccc1C(C)=O. The quantitative estimate of drug-likeness (QED) is 0.598. The molecule has 0 amide bonds. The van der Waals surface area contributed by atoms with Crippen molar-refractivity contribution < 1.29 is 19.1 Å². The van der Waals surface area contributed by atoms with Crippen molar-refractivity contribution in [2.75, 3.05) is 7.11 Å². The van der Waals surface area contributed by atoms with Crippen molar-refractivity contribution in [2.24, 2.45) is 0 Å². The molecule has 0 aliphatic heterocycles. The van der Waals surface area contributed by atoms with Crippen LogP contribution in [0.2, 0.25) is 0 Å². The number of aldehydes is 1. The first-order valence-corrected chi connectivity index (χ1v) is 6.96. The molecule has 0 fully saturated rings. The summed E-state index contributed by atoms with van der Waals surface area (Å²) in [4.78, 5) is 22.4. The van der Waals surface area contributed by atoms with Gasteiger partial charge >= 0.3 is 0 Å². The van der Waals surface area contributed by atoms with Gasteiger partial charge in [-0.1, -0.05) is 15.9 Å². The molecule has 0 radical (unpaired) electrons. The highest BCUT2D eigenvalue weighted by molar-refractivity contribution is 9.10. The molecule has 21 heavy (non-hydrogen) atoms. The van der Waals surface area contributed by atoms with Gasteiger partial charge in [0.1, 0.15) is 17.2 Å². The number of carbonyl (C=O) groups excluding carboxylic acids is 2. The number of Topliss-reactive ketones (excluding diaryl/α,β-unsaturated/α-hetero) is 1. The zero-order chi connectivity index (χ0) is 15.4. The van der Waals surface area contributed by atoms with E-state index in [1.165, 1.54) is 14.0 Å². The lowest BCUT2D eigenvalue weighted by molar-refractivity contribution is 0.101. The van der Waals surface area contributed by atoms with Gasteiger partial charge in [-0.05, 0) is 37.3 Å². The maximum atomic E-state index is 11.5.